The molecule has 4 rings (SSSR count). The number of halogens is 1. The van der Waals surface area contributed by atoms with Crippen molar-refractivity contribution in [3.63, 3.8) is 0 Å². The minimum absolute atomic E-state index is 0.0514. The third-order valence-electron chi connectivity index (χ3n) is 5.86. The van der Waals surface area contributed by atoms with Crippen LogP contribution in [0.1, 0.15) is 31.1 Å². The third-order valence-corrected chi connectivity index (χ3v) is 5.86. The van der Waals surface area contributed by atoms with Gasteiger partial charge >= 0.3 is 0 Å². The number of hydrogen-bond donors (Lipinski definition) is 1. The monoisotopic (exact) mass is 440 g/mol. The number of guanidine groups is 1. The van der Waals surface area contributed by atoms with Crippen LogP contribution in [0.15, 0.2) is 53.5 Å². The summed E-state index contributed by atoms with van der Waals surface area (Å²) in [4.78, 5) is 9.50. The van der Waals surface area contributed by atoms with E-state index in [1.807, 2.05) is 0 Å². The summed E-state index contributed by atoms with van der Waals surface area (Å²) < 4.78 is 24.9. The van der Waals surface area contributed by atoms with Crippen LogP contribution in [0.4, 0.5) is 10.1 Å². The first-order valence-electron chi connectivity index (χ1n) is 11.5. The van der Waals surface area contributed by atoms with Gasteiger partial charge in [0.2, 0.25) is 0 Å². The largest absolute Gasteiger partial charge is 0.378 e. The molecule has 0 radical (unpaired) electrons. The molecule has 2 saturated heterocycles. The maximum atomic E-state index is 13.3. The maximum Gasteiger partial charge on any atom is 0.194 e. The summed E-state index contributed by atoms with van der Waals surface area (Å²) in [6.07, 6.45) is -0.0634. The van der Waals surface area contributed by atoms with E-state index < -0.39 is 0 Å². The van der Waals surface area contributed by atoms with Crippen molar-refractivity contribution in [1.82, 2.24) is 10.2 Å². The highest BCUT2D eigenvalue weighted by Gasteiger charge is 2.28. The summed E-state index contributed by atoms with van der Waals surface area (Å²) in [5, 5.41) is 3.43. The van der Waals surface area contributed by atoms with Crippen LogP contribution in [0.25, 0.3) is 0 Å². The van der Waals surface area contributed by atoms with Gasteiger partial charge in [-0.3, -0.25) is 0 Å². The molecule has 2 aliphatic rings. The summed E-state index contributed by atoms with van der Waals surface area (Å²) in [5.74, 6) is 0.649. The third kappa shape index (κ3) is 5.78. The number of nitrogens with zero attached hydrogens (tertiary/aromatic N) is 3. The number of morpholine rings is 2. The van der Waals surface area contributed by atoms with Gasteiger partial charge in [0.25, 0.3) is 0 Å². The number of aliphatic imine (C=N–C) groups is 1. The molecule has 0 aliphatic carbocycles. The number of ether oxygens (including phenoxy) is 2. The van der Waals surface area contributed by atoms with Crippen molar-refractivity contribution in [2.45, 2.75) is 32.6 Å². The number of nitrogens with one attached hydrogen (secondary N) is 1. The van der Waals surface area contributed by atoms with Crippen molar-refractivity contribution in [2.24, 2.45) is 4.99 Å². The normalized spacial score (nSPS) is 22.2. The van der Waals surface area contributed by atoms with Crippen LogP contribution in [0.5, 0.6) is 0 Å². The summed E-state index contributed by atoms with van der Waals surface area (Å²) in [6.45, 7) is 10.4. The molecule has 2 atom stereocenters. The Morgan fingerprint density at radius 2 is 1.78 bits per heavy atom. The molecule has 2 aromatic carbocycles. The van der Waals surface area contributed by atoms with Crippen LogP contribution in [0.3, 0.4) is 0 Å². The molecule has 6 nitrogen and oxygen atoms in total. The molecule has 2 aliphatic heterocycles. The highest BCUT2D eigenvalue weighted by Crippen LogP contribution is 2.25. The molecule has 0 spiro atoms. The van der Waals surface area contributed by atoms with Gasteiger partial charge in [-0.05, 0) is 49.2 Å². The van der Waals surface area contributed by atoms with Crippen molar-refractivity contribution < 1.29 is 13.9 Å². The zero-order chi connectivity index (χ0) is 22.3. The average molecular weight is 441 g/mol. The molecule has 172 valence electrons. The first-order chi connectivity index (χ1) is 15.6. The van der Waals surface area contributed by atoms with E-state index in [0.717, 1.165) is 50.9 Å². The fourth-order valence-corrected chi connectivity index (χ4v) is 4.21. The summed E-state index contributed by atoms with van der Waals surface area (Å²) >= 11 is 0. The molecule has 0 saturated carbocycles. The van der Waals surface area contributed by atoms with Gasteiger partial charge in [-0.2, -0.15) is 0 Å². The van der Waals surface area contributed by atoms with E-state index in [1.165, 1.54) is 23.4 Å². The van der Waals surface area contributed by atoms with Gasteiger partial charge < -0.3 is 24.6 Å². The molecule has 0 bridgehead atoms. The van der Waals surface area contributed by atoms with Gasteiger partial charge in [0.05, 0.1) is 32.4 Å². The Labute approximate surface area is 190 Å². The predicted molar refractivity (Wildman–Crippen MR) is 126 cm³/mol. The van der Waals surface area contributed by atoms with E-state index in [-0.39, 0.29) is 18.0 Å². The van der Waals surface area contributed by atoms with Crippen LogP contribution in [-0.4, -0.2) is 62.9 Å². The number of benzene rings is 2. The molecule has 1 N–H and O–H groups in total. The number of hydrogen-bond acceptors (Lipinski definition) is 4. The second-order valence-corrected chi connectivity index (χ2v) is 8.33. The molecule has 32 heavy (non-hydrogen) atoms. The fourth-order valence-electron chi connectivity index (χ4n) is 4.21. The van der Waals surface area contributed by atoms with Crippen LogP contribution in [0, 0.1) is 5.82 Å². The lowest BCUT2D eigenvalue weighted by Crippen LogP contribution is -2.50. The van der Waals surface area contributed by atoms with E-state index >= 15 is 0 Å². The Bertz CT molecular complexity index is 882. The Morgan fingerprint density at radius 1 is 1.06 bits per heavy atom. The van der Waals surface area contributed by atoms with Gasteiger partial charge in [0.15, 0.2) is 5.96 Å². The zero-order valence-electron chi connectivity index (χ0n) is 19.0. The van der Waals surface area contributed by atoms with Crippen molar-refractivity contribution in [3.8, 4) is 0 Å². The Hall–Kier alpha value is -2.64. The van der Waals surface area contributed by atoms with Gasteiger partial charge in [0, 0.05) is 31.9 Å². The van der Waals surface area contributed by atoms with Gasteiger partial charge in [-0.1, -0.05) is 24.3 Å². The first kappa shape index (κ1) is 22.6. The van der Waals surface area contributed by atoms with Crippen LogP contribution in [0.2, 0.25) is 0 Å². The first-order valence-corrected chi connectivity index (χ1v) is 11.5. The highest BCUT2D eigenvalue weighted by atomic mass is 19.1. The molecular weight excluding hydrogens is 407 g/mol. The van der Waals surface area contributed by atoms with Crippen LogP contribution >= 0.6 is 0 Å². The van der Waals surface area contributed by atoms with Gasteiger partial charge in [-0.25, -0.2) is 9.38 Å². The van der Waals surface area contributed by atoms with E-state index in [1.54, 1.807) is 12.1 Å². The van der Waals surface area contributed by atoms with E-state index in [2.05, 4.69) is 53.2 Å². The number of rotatable bonds is 5. The molecule has 0 aromatic heterocycles. The van der Waals surface area contributed by atoms with Crippen molar-refractivity contribution in [2.75, 3.05) is 50.8 Å². The average Bonchev–Trinajstić information content (AvgIpc) is 2.83. The molecule has 2 fully saturated rings. The van der Waals surface area contributed by atoms with Crippen LogP contribution in [-0.2, 0) is 16.0 Å². The molecule has 2 unspecified atom stereocenters. The Morgan fingerprint density at radius 3 is 2.47 bits per heavy atom. The topological polar surface area (TPSA) is 49.3 Å². The highest BCUT2D eigenvalue weighted by molar-refractivity contribution is 5.80. The predicted octanol–water partition coefficient (Wildman–Crippen LogP) is 3.59. The minimum Gasteiger partial charge on any atom is -0.378 e. The summed E-state index contributed by atoms with van der Waals surface area (Å²) in [5.41, 5.74) is 3.39. The Kier molecular flexibility index (Phi) is 7.60. The van der Waals surface area contributed by atoms with Crippen molar-refractivity contribution in [1.29, 1.82) is 0 Å². The second kappa shape index (κ2) is 10.8. The molecule has 2 aromatic rings. The standard InChI is InChI=1S/C25H33FN4O2/c1-3-27-25(28-16-20-4-10-23(11-5-20)29-12-14-31-15-13-29)30-17-19(2)32-24(18-30)21-6-8-22(26)9-7-21/h4-11,19,24H,3,12-18H2,1-2H3,(H,27,28). The maximum absolute atomic E-state index is 13.3. The van der Waals surface area contributed by atoms with Gasteiger partial charge in [-0.15, -0.1) is 0 Å². The SMILES string of the molecule is CCNC(=NCc1ccc(N2CCOCC2)cc1)N1CC(C)OC(c2ccc(F)cc2)C1. The smallest absolute Gasteiger partial charge is 0.194 e. The fraction of sp³-hybridized carbons (Fsp3) is 0.480. The van der Waals surface area contributed by atoms with Crippen molar-refractivity contribution >= 4 is 11.6 Å². The van der Waals surface area contributed by atoms with E-state index in [0.29, 0.717) is 13.1 Å². The minimum atomic E-state index is -0.232. The number of anilines is 1. The molecule has 7 heteroatoms. The second-order valence-electron chi connectivity index (χ2n) is 8.33. The quantitative estimate of drug-likeness (QED) is 0.569. The van der Waals surface area contributed by atoms with E-state index in [9.17, 15) is 4.39 Å². The molecular formula is C25H33FN4O2. The van der Waals surface area contributed by atoms with E-state index in [4.69, 9.17) is 14.5 Å². The van der Waals surface area contributed by atoms with Crippen molar-refractivity contribution in [3.05, 3.63) is 65.5 Å². The summed E-state index contributed by atoms with van der Waals surface area (Å²) in [6, 6.07) is 15.2. The molecule has 0 amide bonds. The zero-order valence-corrected chi connectivity index (χ0v) is 19.0. The lowest BCUT2D eigenvalue weighted by molar-refractivity contribution is -0.0605. The lowest BCUT2D eigenvalue weighted by atomic mass is 10.1. The van der Waals surface area contributed by atoms with Crippen LogP contribution < -0.4 is 10.2 Å². The van der Waals surface area contributed by atoms with Gasteiger partial charge in [0.1, 0.15) is 11.9 Å². The lowest BCUT2D eigenvalue weighted by Gasteiger charge is -2.38. The molecule has 2 heterocycles. The summed E-state index contributed by atoms with van der Waals surface area (Å²) in [7, 11) is 0. The Balaban J connectivity index is 1.44.